The normalized spacial score (nSPS) is 17.7. The van der Waals surface area contributed by atoms with Crippen molar-refractivity contribution in [2.45, 2.75) is 32.4 Å². The van der Waals surface area contributed by atoms with Gasteiger partial charge in [0, 0.05) is 36.7 Å². The molecule has 0 aromatic heterocycles. The Morgan fingerprint density at radius 1 is 1.17 bits per heavy atom. The highest BCUT2D eigenvalue weighted by molar-refractivity contribution is 9.10. The number of hydrogen-bond acceptors (Lipinski definition) is 3. The number of nitrogens with two attached hydrogens (primary N) is 1. The van der Waals surface area contributed by atoms with Crippen molar-refractivity contribution < 1.29 is 4.79 Å². The Balaban J connectivity index is 0.00000242. The van der Waals surface area contributed by atoms with Gasteiger partial charge in [0.1, 0.15) is 0 Å². The van der Waals surface area contributed by atoms with Crippen LogP contribution in [-0.2, 0) is 4.79 Å². The molecule has 1 unspecified atom stereocenters. The molecule has 1 aromatic carbocycles. The molecule has 1 aliphatic rings. The van der Waals surface area contributed by atoms with Crippen LogP contribution >= 0.6 is 40.7 Å². The zero-order chi connectivity index (χ0) is 15.4. The maximum absolute atomic E-state index is 12.1. The monoisotopic (exact) mass is 425 g/mol. The Labute approximate surface area is 159 Å². The summed E-state index contributed by atoms with van der Waals surface area (Å²) >= 11 is 3.47. The molecular formula is C16H26BrCl2N3O. The molecule has 0 radical (unpaired) electrons. The molecule has 1 fully saturated rings. The molecule has 1 saturated heterocycles. The molecular weight excluding hydrogens is 401 g/mol. The van der Waals surface area contributed by atoms with E-state index in [1.165, 1.54) is 5.56 Å². The standard InChI is InChI=1S/C16H24BrN3O.2ClH/c1-3-15(18)16(21)20-10-8-19(9-11-20)12(2)13-4-6-14(17)7-5-13;;/h4-7,12,15H,3,8-11,18H2,1-2H3;2*1H/t12?,15-;;/m0../s1. The lowest BCUT2D eigenvalue weighted by Gasteiger charge is -2.39. The van der Waals surface area contributed by atoms with E-state index in [9.17, 15) is 4.79 Å². The van der Waals surface area contributed by atoms with Crippen molar-refractivity contribution in [2.75, 3.05) is 26.2 Å². The second-order valence-electron chi connectivity index (χ2n) is 5.60. The molecule has 0 saturated carbocycles. The Hall–Kier alpha value is -0.330. The van der Waals surface area contributed by atoms with E-state index in [-0.39, 0.29) is 36.8 Å². The molecule has 2 N–H and O–H groups in total. The van der Waals surface area contributed by atoms with Crippen LogP contribution in [0.15, 0.2) is 28.7 Å². The Bertz CT molecular complexity index is 479. The topological polar surface area (TPSA) is 49.6 Å². The summed E-state index contributed by atoms with van der Waals surface area (Å²) in [5.41, 5.74) is 7.15. The van der Waals surface area contributed by atoms with Gasteiger partial charge in [0.25, 0.3) is 0 Å². The quantitative estimate of drug-likeness (QED) is 0.803. The highest BCUT2D eigenvalue weighted by Crippen LogP contribution is 2.23. The van der Waals surface area contributed by atoms with Gasteiger partial charge in [-0.2, -0.15) is 0 Å². The molecule has 0 spiro atoms. The lowest BCUT2D eigenvalue weighted by atomic mass is 10.1. The second kappa shape index (κ2) is 10.5. The van der Waals surface area contributed by atoms with Crippen LogP contribution in [0.5, 0.6) is 0 Å². The number of nitrogens with zero attached hydrogens (tertiary/aromatic N) is 2. The number of piperazine rings is 1. The van der Waals surface area contributed by atoms with E-state index < -0.39 is 0 Å². The molecule has 1 amide bonds. The number of carbonyl (C=O) groups is 1. The predicted octanol–water partition coefficient (Wildman–Crippen LogP) is 3.24. The molecule has 7 heteroatoms. The van der Waals surface area contributed by atoms with Crippen LogP contribution in [0.3, 0.4) is 0 Å². The third kappa shape index (κ3) is 5.91. The molecule has 4 nitrogen and oxygen atoms in total. The Morgan fingerprint density at radius 2 is 1.70 bits per heavy atom. The summed E-state index contributed by atoms with van der Waals surface area (Å²) in [5, 5.41) is 0. The van der Waals surface area contributed by atoms with E-state index >= 15 is 0 Å². The van der Waals surface area contributed by atoms with Gasteiger partial charge in [0.15, 0.2) is 0 Å². The van der Waals surface area contributed by atoms with Crippen molar-refractivity contribution in [1.29, 1.82) is 0 Å². The van der Waals surface area contributed by atoms with E-state index in [1.54, 1.807) is 0 Å². The van der Waals surface area contributed by atoms with E-state index in [4.69, 9.17) is 5.73 Å². The maximum Gasteiger partial charge on any atom is 0.239 e. The molecule has 0 aliphatic carbocycles. The summed E-state index contributed by atoms with van der Waals surface area (Å²) in [6.07, 6.45) is 0.703. The molecule has 1 heterocycles. The van der Waals surface area contributed by atoms with Crippen LogP contribution in [0.4, 0.5) is 0 Å². The first-order valence-electron chi connectivity index (χ1n) is 7.56. The third-order valence-corrected chi connectivity index (χ3v) is 4.81. The smallest absolute Gasteiger partial charge is 0.239 e. The molecule has 1 aromatic rings. The van der Waals surface area contributed by atoms with E-state index in [1.807, 2.05) is 11.8 Å². The fourth-order valence-electron chi connectivity index (χ4n) is 2.69. The molecule has 132 valence electrons. The van der Waals surface area contributed by atoms with Gasteiger partial charge in [-0.3, -0.25) is 9.69 Å². The summed E-state index contributed by atoms with van der Waals surface area (Å²) in [6.45, 7) is 7.52. The first-order chi connectivity index (χ1) is 10.0. The zero-order valence-corrected chi connectivity index (χ0v) is 16.8. The van der Waals surface area contributed by atoms with Gasteiger partial charge in [-0.15, -0.1) is 24.8 Å². The van der Waals surface area contributed by atoms with Gasteiger partial charge >= 0.3 is 0 Å². The number of benzene rings is 1. The summed E-state index contributed by atoms with van der Waals surface area (Å²) in [7, 11) is 0. The van der Waals surface area contributed by atoms with Crippen molar-refractivity contribution in [2.24, 2.45) is 5.73 Å². The van der Waals surface area contributed by atoms with Crippen molar-refractivity contribution in [1.82, 2.24) is 9.80 Å². The highest BCUT2D eigenvalue weighted by Gasteiger charge is 2.26. The van der Waals surface area contributed by atoms with Crippen LogP contribution in [0.2, 0.25) is 0 Å². The fourth-order valence-corrected chi connectivity index (χ4v) is 2.96. The number of rotatable bonds is 4. The maximum atomic E-state index is 12.1. The Kier molecular flexibility index (Phi) is 10.4. The van der Waals surface area contributed by atoms with Gasteiger partial charge in [-0.05, 0) is 31.0 Å². The van der Waals surface area contributed by atoms with Crippen molar-refractivity contribution in [3.8, 4) is 0 Å². The first-order valence-corrected chi connectivity index (χ1v) is 8.36. The number of hydrogen-bond donors (Lipinski definition) is 1. The van der Waals surface area contributed by atoms with Crippen molar-refractivity contribution in [3.05, 3.63) is 34.3 Å². The molecule has 2 atom stereocenters. The van der Waals surface area contributed by atoms with Gasteiger partial charge in [0.2, 0.25) is 5.91 Å². The van der Waals surface area contributed by atoms with Gasteiger partial charge < -0.3 is 10.6 Å². The van der Waals surface area contributed by atoms with Crippen LogP contribution < -0.4 is 5.73 Å². The van der Waals surface area contributed by atoms with Crippen LogP contribution in [0, 0.1) is 0 Å². The molecule has 23 heavy (non-hydrogen) atoms. The fraction of sp³-hybridized carbons (Fsp3) is 0.562. The largest absolute Gasteiger partial charge is 0.339 e. The summed E-state index contributed by atoms with van der Waals surface area (Å²) < 4.78 is 1.10. The summed E-state index contributed by atoms with van der Waals surface area (Å²) in [6, 6.07) is 8.48. The van der Waals surface area contributed by atoms with Gasteiger partial charge in [-0.25, -0.2) is 0 Å². The van der Waals surface area contributed by atoms with E-state index in [2.05, 4.69) is 52.0 Å². The van der Waals surface area contributed by atoms with Crippen LogP contribution in [0.25, 0.3) is 0 Å². The van der Waals surface area contributed by atoms with E-state index in [0.29, 0.717) is 12.5 Å². The lowest BCUT2D eigenvalue weighted by Crippen LogP contribution is -2.53. The minimum Gasteiger partial charge on any atom is -0.339 e. The zero-order valence-electron chi connectivity index (χ0n) is 13.6. The minimum atomic E-state index is -0.347. The third-order valence-electron chi connectivity index (χ3n) is 4.28. The average molecular weight is 427 g/mol. The Morgan fingerprint density at radius 3 is 2.17 bits per heavy atom. The first kappa shape index (κ1) is 22.7. The average Bonchev–Trinajstić information content (AvgIpc) is 2.53. The van der Waals surface area contributed by atoms with Crippen LogP contribution in [-0.4, -0.2) is 47.9 Å². The minimum absolute atomic E-state index is 0. The number of halogens is 3. The molecule has 0 bridgehead atoms. The molecule has 2 rings (SSSR count). The van der Waals surface area contributed by atoms with Crippen LogP contribution in [0.1, 0.15) is 31.9 Å². The highest BCUT2D eigenvalue weighted by atomic mass is 79.9. The van der Waals surface area contributed by atoms with Crippen molar-refractivity contribution >= 4 is 46.7 Å². The van der Waals surface area contributed by atoms with Gasteiger partial charge in [0.05, 0.1) is 6.04 Å². The lowest BCUT2D eigenvalue weighted by molar-refractivity contribution is -0.134. The second-order valence-corrected chi connectivity index (χ2v) is 6.52. The van der Waals surface area contributed by atoms with E-state index in [0.717, 1.165) is 30.7 Å². The summed E-state index contributed by atoms with van der Waals surface area (Å²) in [5.74, 6) is 0.0912. The van der Waals surface area contributed by atoms with Crippen molar-refractivity contribution in [3.63, 3.8) is 0 Å². The molecule has 1 aliphatic heterocycles. The SMILES string of the molecule is CC[C@H](N)C(=O)N1CCN(C(C)c2ccc(Br)cc2)CC1.Cl.Cl. The predicted molar refractivity (Wildman–Crippen MR) is 103 cm³/mol. The summed E-state index contributed by atoms with van der Waals surface area (Å²) in [4.78, 5) is 16.4. The number of carbonyl (C=O) groups excluding carboxylic acids is 1. The number of amides is 1. The van der Waals surface area contributed by atoms with Gasteiger partial charge in [-0.1, -0.05) is 35.0 Å².